The van der Waals surface area contributed by atoms with Gasteiger partial charge in [-0.1, -0.05) is 44.2 Å². The summed E-state index contributed by atoms with van der Waals surface area (Å²) in [6, 6.07) is 11.8. The SMILES string of the molecule is CC(C)CN/C=C(/C#N)C(=O)N(Cc1ccccc1)C(C)C. The van der Waals surface area contributed by atoms with Crippen molar-refractivity contribution in [3.05, 3.63) is 47.7 Å². The van der Waals surface area contributed by atoms with Crippen LogP contribution in [0.3, 0.4) is 0 Å². The number of rotatable bonds is 7. The van der Waals surface area contributed by atoms with Gasteiger partial charge in [0, 0.05) is 25.3 Å². The predicted molar refractivity (Wildman–Crippen MR) is 88.7 cm³/mol. The van der Waals surface area contributed by atoms with E-state index in [0.717, 1.165) is 12.1 Å². The van der Waals surface area contributed by atoms with Crippen molar-refractivity contribution in [1.29, 1.82) is 5.26 Å². The number of nitrogens with one attached hydrogen (secondary N) is 1. The molecule has 0 aliphatic rings. The summed E-state index contributed by atoms with van der Waals surface area (Å²) in [5, 5.41) is 12.3. The van der Waals surface area contributed by atoms with Gasteiger partial charge in [-0.2, -0.15) is 5.26 Å². The molecule has 0 atom stereocenters. The Bertz CT molecular complexity index is 541. The summed E-state index contributed by atoms with van der Waals surface area (Å²) < 4.78 is 0. The van der Waals surface area contributed by atoms with Gasteiger partial charge in [0.15, 0.2) is 0 Å². The molecular weight excluding hydrogens is 274 g/mol. The predicted octanol–water partition coefficient (Wildman–Crippen LogP) is 3.08. The maximum Gasteiger partial charge on any atom is 0.266 e. The summed E-state index contributed by atoms with van der Waals surface area (Å²) in [6.07, 6.45) is 1.53. The molecule has 0 unspecified atom stereocenters. The van der Waals surface area contributed by atoms with Gasteiger partial charge >= 0.3 is 0 Å². The van der Waals surface area contributed by atoms with Crippen molar-refractivity contribution in [3.63, 3.8) is 0 Å². The maximum absolute atomic E-state index is 12.6. The minimum Gasteiger partial charge on any atom is -0.389 e. The lowest BCUT2D eigenvalue weighted by Gasteiger charge is -2.26. The zero-order valence-electron chi connectivity index (χ0n) is 13.8. The number of benzene rings is 1. The number of carbonyl (C=O) groups is 1. The standard InChI is InChI=1S/C18H25N3O/c1-14(2)11-20-12-17(10-19)18(22)21(15(3)4)13-16-8-6-5-7-9-16/h5-9,12,14-15,20H,11,13H2,1-4H3/b17-12-. The van der Waals surface area contributed by atoms with E-state index in [1.165, 1.54) is 6.20 Å². The second-order valence-electron chi connectivity index (χ2n) is 5.98. The van der Waals surface area contributed by atoms with Gasteiger partial charge in [-0.05, 0) is 25.3 Å². The molecule has 0 aliphatic carbocycles. The number of nitrogens with zero attached hydrogens (tertiary/aromatic N) is 2. The van der Waals surface area contributed by atoms with Crippen molar-refractivity contribution >= 4 is 5.91 Å². The monoisotopic (exact) mass is 299 g/mol. The van der Waals surface area contributed by atoms with Crippen molar-refractivity contribution in [3.8, 4) is 6.07 Å². The molecule has 0 bridgehead atoms. The Morgan fingerprint density at radius 2 is 1.91 bits per heavy atom. The van der Waals surface area contributed by atoms with E-state index < -0.39 is 0 Å². The fraction of sp³-hybridized carbons (Fsp3) is 0.444. The van der Waals surface area contributed by atoms with Crippen LogP contribution in [0.2, 0.25) is 0 Å². The van der Waals surface area contributed by atoms with Crippen molar-refractivity contribution in [1.82, 2.24) is 10.2 Å². The summed E-state index contributed by atoms with van der Waals surface area (Å²) in [4.78, 5) is 14.3. The summed E-state index contributed by atoms with van der Waals surface area (Å²) >= 11 is 0. The van der Waals surface area contributed by atoms with Gasteiger partial charge in [0.1, 0.15) is 11.6 Å². The molecule has 1 amide bonds. The maximum atomic E-state index is 12.6. The van der Waals surface area contributed by atoms with Crippen molar-refractivity contribution in [2.24, 2.45) is 5.92 Å². The molecule has 4 heteroatoms. The summed E-state index contributed by atoms with van der Waals surface area (Å²) in [5.74, 6) is 0.217. The molecule has 22 heavy (non-hydrogen) atoms. The third-order valence-corrected chi connectivity index (χ3v) is 3.20. The fourth-order valence-electron chi connectivity index (χ4n) is 1.96. The van der Waals surface area contributed by atoms with Crippen LogP contribution in [0.25, 0.3) is 0 Å². The van der Waals surface area contributed by atoms with Crippen LogP contribution in [0.5, 0.6) is 0 Å². The number of nitriles is 1. The highest BCUT2D eigenvalue weighted by Gasteiger charge is 2.21. The second kappa shape index (κ2) is 8.89. The van der Waals surface area contributed by atoms with E-state index in [0.29, 0.717) is 12.5 Å². The molecule has 0 aliphatic heterocycles. The Morgan fingerprint density at radius 1 is 1.27 bits per heavy atom. The minimum atomic E-state index is -0.238. The van der Waals surface area contributed by atoms with Gasteiger partial charge in [-0.3, -0.25) is 4.79 Å². The minimum absolute atomic E-state index is 0.0227. The molecule has 1 aromatic rings. The molecule has 0 aromatic heterocycles. The molecule has 0 fully saturated rings. The first-order valence-corrected chi connectivity index (χ1v) is 7.64. The van der Waals surface area contributed by atoms with Crippen LogP contribution in [0.1, 0.15) is 33.3 Å². The van der Waals surface area contributed by atoms with Crippen LogP contribution < -0.4 is 5.32 Å². The summed E-state index contributed by atoms with van der Waals surface area (Å²) in [7, 11) is 0. The van der Waals surface area contributed by atoms with E-state index in [1.807, 2.05) is 50.2 Å². The summed E-state index contributed by atoms with van der Waals surface area (Å²) in [6.45, 7) is 9.29. The quantitative estimate of drug-likeness (QED) is 0.622. The molecule has 1 N–H and O–H groups in total. The number of hydrogen-bond acceptors (Lipinski definition) is 3. The van der Waals surface area contributed by atoms with E-state index >= 15 is 0 Å². The number of amides is 1. The molecule has 0 spiro atoms. The Balaban J connectivity index is 2.85. The average molecular weight is 299 g/mol. The first-order valence-electron chi connectivity index (χ1n) is 7.64. The average Bonchev–Trinajstić information content (AvgIpc) is 2.49. The van der Waals surface area contributed by atoms with Gasteiger partial charge in [0.2, 0.25) is 0 Å². The molecule has 1 aromatic carbocycles. The van der Waals surface area contributed by atoms with Gasteiger partial charge in [0.25, 0.3) is 5.91 Å². The zero-order chi connectivity index (χ0) is 16.5. The molecule has 0 saturated heterocycles. The fourth-order valence-corrected chi connectivity index (χ4v) is 1.96. The lowest BCUT2D eigenvalue weighted by Crippen LogP contribution is -2.37. The molecule has 0 saturated carbocycles. The van der Waals surface area contributed by atoms with Gasteiger partial charge < -0.3 is 10.2 Å². The number of carbonyl (C=O) groups excluding carboxylic acids is 1. The smallest absolute Gasteiger partial charge is 0.266 e. The normalized spacial score (nSPS) is 11.4. The Labute approximate surface area is 133 Å². The van der Waals surface area contributed by atoms with Crippen LogP contribution in [0.15, 0.2) is 42.1 Å². The van der Waals surface area contributed by atoms with E-state index in [-0.39, 0.29) is 17.5 Å². The molecule has 1 rings (SSSR count). The molecule has 4 nitrogen and oxygen atoms in total. The van der Waals surface area contributed by atoms with Crippen LogP contribution in [-0.2, 0) is 11.3 Å². The molecular formula is C18H25N3O. The largest absolute Gasteiger partial charge is 0.389 e. The lowest BCUT2D eigenvalue weighted by molar-refractivity contribution is -0.129. The second-order valence-corrected chi connectivity index (χ2v) is 5.98. The van der Waals surface area contributed by atoms with Crippen LogP contribution in [-0.4, -0.2) is 23.4 Å². The topological polar surface area (TPSA) is 56.1 Å². The van der Waals surface area contributed by atoms with Crippen LogP contribution >= 0.6 is 0 Å². The van der Waals surface area contributed by atoms with E-state index in [9.17, 15) is 10.1 Å². The molecule has 0 radical (unpaired) electrons. The summed E-state index contributed by atoms with van der Waals surface area (Å²) in [5.41, 5.74) is 1.20. The molecule has 0 heterocycles. The zero-order valence-corrected chi connectivity index (χ0v) is 13.8. The van der Waals surface area contributed by atoms with Crippen molar-refractivity contribution in [2.45, 2.75) is 40.3 Å². The third kappa shape index (κ3) is 5.61. The van der Waals surface area contributed by atoms with Crippen molar-refractivity contribution < 1.29 is 4.79 Å². The van der Waals surface area contributed by atoms with Gasteiger partial charge in [-0.15, -0.1) is 0 Å². The van der Waals surface area contributed by atoms with E-state index in [1.54, 1.807) is 4.90 Å². The molecule has 118 valence electrons. The highest BCUT2D eigenvalue weighted by atomic mass is 16.2. The van der Waals surface area contributed by atoms with Gasteiger partial charge in [-0.25, -0.2) is 0 Å². The van der Waals surface area contributed by atoms with Crippen molar-refractivity contribution in [2.75, 3.05) is 6.54 Å². The van der Waals surface area contributed by atoms with Crippen LogP contribution in [0, 0.1) is 17.2 Å². The Morgan fingerprint density at radius 3 is 2.41 bits per heavy atom. The number of hydrogen-bond donors (Lipinski definition) is 1. The van der Waals surface area contributed by atoms with E-state index in [4.69, 9.17) is 0 Å². The van der Waals surface area contributed by atoms with Crippen LogP contribution in [0.4, 0.5) is 0 Å². The Kier molecular flexibility index (Phi) is 7.18. The highest BCUT2D eigenvalue weighted by Crippen LogP contribution is 2.12. The van der Waals surface area contributed by atoms with Gasteiger partial charge in [0.05, 0.1) is 0 Å². The first kappa shape index (κ1) is 17.8. The highest BCUT2D eigenvalue weighted by molar-refractivity contribution is 5.97. The van der Waals surface area contributed by atoms with E-state index in [2.05, 4.69) is 19.2 Å². The lowest BCUT2D eigenvalue weighted by atomic mass is 10.1. The first-order chi connectivity index (χ1) is 10.5. The third-order valence-electron chi connectivity index (χ3n) is 3.20. The Hall–Kier alpha value is -2.28.